The maximum atomic E-state index is 12.8. The molecule has 156 valence electrons. The lowest BCUT2D eigenvalue weighted by atomic mass is 9.98. The van der Waals surface area contributed by atoms with Crippen LogP contribution in [0, 0.1) is 0 Å². The van der Waals surface area contributed by atoms with Gasteiger partial charge in [-0.15, -0.1) is 0 Å². The van der Waals surface area contributed by atoms with E-state index in [0.717, 1.165) is 11.3 Å². The highest BCUT2D eigenvalue weighted by Crippen LogP contribution is 2.26. The largest absolute Gasteiger partial charge is 0.492 e. The van der Waals surface area contributed by atoms with Gasteiger partial charge in [-0.25, -0.2) is 0 Å². The van der Waals surface area contributed by atoms with Gasteiger partial charge in [0.2, 0.25) is 5.91 Å². The Morgan fingerprint density at radius 2 is 1.65 bits per heavy atom. The Labute approximate surface area is 180 Å². The number of aryl methyl sites for hydroxylation is 1. The Balaban J connectivity index is 1.35. The van der Waals surface area contributed by atoms with E-state index in [2.05, 4.69) is 10.6 Å². The minimum Gasteiger partial charge on any atom is -0.492 e. The lowest BCUT2D eigenvalue weighted by Gasteiger charge is -2.17. The van der Waals surface area contributed by atoms with Gasteiger partial charge in [-0.1, -0.05) is 48.5 Å². The summed E-state index contributed by atoms with van der Waals surface area (Å²) < 4.78 is 5.74. The summed E-state index contributed by atoms with van der Waals surface area (Å²) in [5.74, 6) is 0.194. The second-order valence-corrected chi connectivity index (χ2v) is 7.21. The molecule has 0 saturated carbocycles. The van der Waals surface area contributed by atoms with Crippen molar-refractivity contribution in [3.05, 3.63) is 95.1 Å². The lowest BCUT2D eigenvalue weighted by Crippen LogP contribution is -2.29. The zero-order valence-corrected chi connectivity index (χ0v) is 16.9. The maximum Gasteiger partial charge on any atom is 0.252 e. The summed E-state index contributed by atoms with van der Waals surface area (Å²) in [6.07, 6.45) is 1.15. The van der Waals surface area contributed by atoms with Gasteiger partial charge in [0.15, 0.2) is 5.78 Å². The first-order valence-corrected chi connectivity index (χ1v) is 10.1. The summed E-state index contributed by atoms with van der Waals surface area (Å²) >= 11 is 0. The molecule has 0 spiro atoms. The number of hydrogen-bond donors (Lipinski definition) is 2. The minimum atomic E-state index is -0.323. The average Bonchev–Trinajstić information content (AvgIpc) is 2.81. The van der Waals surface area contributed by atoms with E-state index in [-0.39, 0.29) is 24.2 Å². The molecule has 3 aromatic rings. The number of fused-ring (bicyclic) bond motifs is 1. The van der Waals surface area contributed by atoms with Crippen molar-refractivity contribution >= 4 is 23.3 Å². The highest BCUT2D eigenvalue weighted by Gasteiger charge is 2.18. The summed E-state index contributed by atoms with van der Waals surface area (Å²) in [7, 11) is 0. The molecule has 2 amide bonds. The molecule has 0 saturated heterocycles. The van der Waals surface area contributed by atoms with Crippen LogP contribution >= 0.6 is 0 Å². The first-order valence-electron chi connectivity index (χ1n) is 10.1. The number of amides is 2. The van der Waals surface area contributed by atoms with Crippen LogP contribution in [0.2, 0.25) is 0 Å². The van der Waals surface area contributed by atoms with Crippen LogP contribution < -0.4 is 15.4 Å². The lowest BCUT2D eigenvalue weighted by molar-refractivity contribution is -0.116. The molecule has 0 atom stereocenters. The standard InChI is InChI=1S/C25H22N2O4/c28-23-13-10-18-16-19(11-12-22(18)27-23)31-15-14-26-25(30)21-9-5-4-8-20(21)24(29)17-6-2-1-3-7-17/h1-9,11-12,16H,10,13-15H2,(H,26,30)(H,27,28). The Bertz CT molecular complexity index is 1130. The van der Waals surface area contributed by atoms with E-state index in [4.69, 9.17) is 4.74 Å². The van der Waals surface area contributed by atoms with Gasteiger partial charge in [-0.2, -0.15) is 0 Å². The van der Waals surface area contributed by atoms with Crippen LogP contribution in [0.5, 0.6) is 5.75 Å². The van der Waals surface area contributed by atoms with Crippen molar-refractivity contribution in [3.8, 4) is 5.75 Å². The summed E-state index contributed by atoms with van der Waals surface area (Å²) in [5, 5.41) is 5.65. The molecule has 6 nitrogen and oxygen atoms in total. The molecule has 6 heteroatoms. The van der Waals surface area contributed by atoms with Gasteiger partial charge in [-0.05, 0) is 36.2 Å². The molecule has 1 aliphatic heterocycles. The molecule has 0 unspecified atom stereocenters. The fourth-order valence-corrected chi connectivity index (χ4v) is 3.50. The fraction of sp³-hybridized carbons (Fsp3) is 0.160. The van der Waals surface area contributed by atoms with E-state index in [0.29, 0.717) is 41.8 Å². The van der Waals surface area contributed by atoms with Gasteiger partial charge in [0.1, 0.15) is 12.4 Å². The second kappa shape index (κ2) is 9.26. The highest BCUT2D eigenvalue weighted by molar-refractivity contribution is 6.15. The van der Waals surface area contributed by atoms with E-state index in [1.807, 2.05) is 18.2 Å². The molecule has 0 aromatic heterocycles. The Kier molecular flexibility index (Phi) is 6.08. The van der Waals surface area contributed by atoms with E-state index >= 15 is 0 Å². The smallest absolute Gasteiger partial charge is 0.252 e. The molecule has 1 aliphatic rings. The number of ketones is 1. The van der Waals surface area contributed by atoms with Crippen LogP contribution in [0.4, 0.5) is 5.69 Å². The molecular formula is C25H22N2O4. The highest BCUT2D eigenvalue weighted by atomic mass is 16.5. The summed E-state index contributed by atoms with van der Waals surface area (Å²) in [6.45, 7) is 0.576. The Hall–Kier alpha value is -3.93. The van der Waals surface area contributed by atoms with Crippen molar-refractivity contribution in [2.24, 2.45) is 0 Å². The topological polar surface area (TPSA) is 84.5 Å². The van der Waals surface area contributed by atoms with Crippen LogP contribution in [0.1, 0.15) is 38.3 Å². The molecular weight excluding hydrogens is 392 g/mol. The van der Waals surface area contributed by atoms with Gasteiger partial charge in [0.05, 0.1) is 12.1 Å². The van der Waals surface area contributed by atoms with E-state index < -0.39 is 0 Å². The normalized spacial score (nSPS) is 12.5. The molecule has 0 radical (unpaired) electrons. The quantitative estimate of drug-likeness (QED) is 0.457. The zero-order valence-electron chi connectivity index (χ0n) is 16.9. The number of rotatable bonds is 7. The van der Waals surface area contributed by atoms with Gasteiger partial charge < -0.3 is 15.4 Å². The van der Waals surface area contributed by atoms with Crippen LogP contribution in [0.25, 0.3) is 0 Å². The van der Waals surface area contributed by atoms with Crippen LogP contribution in [0.15, 0.2) is 72.8 Å². The SMILES string of the molecule is O=C1CCc2cc(OCCNC(=O)c3ccccc3C(=O)c3ccccc3)ccc2N1. The van der Waals surface area contributed by atoms with Crippen molar-refractivity contribution in [2.75, 3.05) is 18.5 Å². The second-order valence-electron chi connectivity index (χ2n) is 7.21. The van der Waals surface area contributed by atoms with Crippen molar-refractivity contribution in [1.29, 1.82) is 0 Å². The van der Waals surface area contributed by atoms with Crippen molar-refractivity contribution in [3.63, 3.8) is 0 Å². The number of carbonyl (C=O) groups excluding carboxylic acids is 3. The number of ether oxygens (including phenoxy) is 1. The summed E-state index contributed by atoms with van der Waals surface area (Å²) in [5.41, 5.74) is 3.09. The maximum absolute atomic E-state index is 12.8. The molecule has 2 N–H and O–H groups in total. The number of carbonyl (C=O) groups is 3. The first kappa shape index (κ1) is 20.3. The minimum absolute atomic E-state index is 0.0231. The Morgan fingerprint density at radius 1 is 0.903 bits per heavy atom. The molecule has 3 aromatic carbocycles. The van der Waals surface area contributed by atoms with Gasteiger partial charge in [0, 0.05) is 23.2 Å². The molecule has 0 fully saturated rings. The molecule has 0 bridgehead atoms. The predicted molar refractivity (Wildman–Crippen MR) is 118 cm³/mol. The van der Waals surface area contributed by atoms with Crippen LogP contribution in [-0.4, -0.2) is 30.7 Å². The third-order valence-corrected chi connectivity index (χ3v) is 5.08. The monoisotopic (exact) mass is 414 g/mol. The van der Waals surface area contributed by atoms with E-state index in [9.17, 15) is 14.4 Å². The van der Waals surface area contributed by atoms with Gasteiger partial charge >= 0.3 is 0 Å². The predicted octanol–water partition coefficient (Wildman–Crippen LogP) is 3.61. The molecule has 1 heterocycles. The van der Waals surface area contributed by atoms with Crippen LogP contribution in [0.3, 0.4) is 0 Å². The number of benzene rings is 3. The van der Waals surface area contributed by atoms with Crippen LogP contribution in [-0.2, 0) is 11.2 Å². The molecule has 0 aliphatic carbocycles. The average molecular weight is 414 g/mol. The van der Waals surface area contributed by atoms with Gasteiger partial charge in [0.25, 0.3) is 5.91 Å². The molecule has 31 heavy (non-hydrogen) atoms. The third kappa shape index (κ3) is 4.80. The fourth-order valence-electron chi connectivity index (χ4n) is 3.50. The number of anilines is 1. The summed E-state index contributed by atoms with van der Waals surface area (Å²) in [4.78, 5) is 36.9. The van der Waals surface area contributed by atoms with E-state index in [1.165, 1.54) is 0 Å². The van der Waals surface area contributed by atoms with Crippen molar-refractivity contribution in [2.45, 2.75) is 12.8 Å². The first-order chi connectivity index (χ1) is 15.1. The van der Waals surface area contributed by atoms with Gasteiger partial charge in [-0.3, -0.25) is 14.4 Å². The van der Waals surface area contributed by atoms with E-state index in [1.54, 1.807) is 54.6 Å². The Morgan fingerprint density at radius 3 is 2.45 bits per heavy atom. The van der Waals surface area contributed by atoms with Crippen molar-refractivity contribution < 1.29 is 19.1 Å². The molecule has 4 rings (SSSR count). The third-order valence-electron chi connectivity index (χ3n) is 5.08. The zero-order chi connectivity index (χ0) is 21.6. The van der Waals surface area contributed by atoms with Crippen molar-refractivity contribution in [1.82, 2.24) is 5.32 Å². The number of hydrogen-bond acceptors (Lipinski definition) is 4. The summed E-state index contributed by atoms with van der Waals surface area (Å²) in [6, 6.07) is 21.2. The number of nitrogens with one attached hydrogen (secondary N) is 2.